The van der Waals surface area contributed by atoms with Gasteiger partial charge < -0.3 is 4.90 Å². The lowest BCUT2D eigenvalue weighted by Gasteiger charge is -2.26. The van der Waals surface area contributed by atoms with Crippen LogP contribution in [0.25, 0.3) is 52.0 Å². The van der Waals surface area contributed by atoms with Gasteiger partial charge in [-0.2, -0.15) is 15.3 Å². The van der Waals surface area contributed by atoms with Gasteiger partial charge in [0, 0.05) is 71.0 Å². The number of piperidine rings is 2. The van der Waals surface area contributed by atoms with E-state index in [4.69, 9.17) is 34.8 Å². The molecule has 3 amide bonds. The lowest BCUT2D eigenvalue weighted by molar-refractivity contribution is 0.0715. The van der Waals surface area contributed by atoms with E-state index in [0.29, 0.717) is 124 Å². The zero-order valence-electron chi connectivity index (χ0n) is 57.3. The van der Waals surface area contributed by atoms with E-state index < -0.39 is 41.3 Å². The second-order valence-electron chi connectivity index (χ2n) is 27.6. The number of halogens is 6. The molecule has 0 bridgehead atoms. The molecule has 9 aromatic rings. The summed E-state index contributed by atoms with van der Waals surface area (Å²) in [6.45, 7) is 4.33. The van der Waals surface area contributed by atoms with E-state index in [1.54, 1.807) is 146 Å². The van der Waals surface area contributed by atoms with Crippen LogP contribution in [0.2, 0.25) is 15.1 Å². The molecule has 6 aliphatic heterocycles. The number of rotatable bonds is 11. The largest absolute Gasteiger partial charge is 0.337 e. The predicted octanol–water partition coefficient (Wildman–Crippen LogP) is 13.5. The van der Waals surface area contributed by atoms with Gasteiger partial charge in [0.2, 0.25) is 0 Å². The van der Waals surface area contributed by atoms with Gasteiger partial charge in [-0.25, -0.2) is 62.5 Å². The number of benzene rings is 6. The Kier molecular flexibility index (Phi) is 21.7. The third kappa shape index (κ3) is 16.9. The highest BCUT2D eigenvalue weighted by atomic mass is 35.5. The Morgan fingerprint density at radius 1 is 0.387 bits per heavy atom. The Labute approximate surface area is 626 Å². The third-order valence-corrected chi connectivity index (χ3v) is 25.0. The van der Waals surface area contributed by atoms with Crippen molar-refractivity contribution >= 4 is 117 Å². The highest BCUT2D eigenvalue weighted by Crippen LogP contribution is 2.41. The van der Waals surface area contributed by atoms with E-state index >= 15 is 0 Å². The Morgan fingerprint density at radius 2 is 0.698 bits per heavy atom. The minimum Gasteiger partial charge on any atom is -0.337 e. The molecular weight excluding hydrogens is 1480 g/mol. The first-order valence-corrected chi connectivity index (χ1v) is 41.5. The van der Waals surface area contributed by atoms with Gasteiger partial charge in [-0.15, -0.1) is 0 Å². The van der Waals surface area contributed by atoms with Crippen molar-refractivity contribution in [3.05, 3.63) is 246 Å². The average molecular weight is 1560 g/mol. The number of fused-ring (bicyclic) bond motifs is 4. The molecule has 3 aromatic heterocycles. The molecule has 2 atom stereocenters. The second kappa shape index (κ2) is 31.1. The maximum atomic E-state index is 13.5. The Hall–Kier alpha value is -8.99. The topological polar surface area (TPSA) is 241 Å². The van der Waals surface area contributed by atoms with E-state index in [1.807, 2.05) is 10.0 Å². The fraction of sp³-hybridized carbons (Fsp3) is 0.299. The van der Waals surface area contributed by atoms with Crippen LogP contribution < -0.4 is 10.9 Å². The first-order chi connectivity index (χ1) is 50.8. The normalized spacial score (nSPS) is 20.5. The Morgan fingerprint density at radius 3 is 1.05 bits per heavy atom. The monoisotopic (exact) mass is 1550 g/mol. The number of hydrogen-bond donors (Lipinski definition) is 2. The first kappa shape index (κ1) is 73.9. The number of nitrogens with zero attached hydrogens (tertiary/aromatic N) is 9. The minimum absolute atomic E-state index is 0.0776. The molecule has 16 rings (SSSR count). The van der Waals surface area contributed by atoms with Crippen LogP contribution in [0, 0.1) is 29.3 Å². The molecule has 7 aliphatic rings. The maximum Gasteiger partial charge on any atom is 0.286 e. The van der Waals surface area contributed by atoms with Crippen LogP contribution in [0.3, 0.4) is 0 Å². The summed E-state index contributed by atoms with van der Waals surface area (Å²) in [7, 11) is -10.6. The zero-order chi connectivity index (χ0) is 74.2. The van der Waals surface area contributed by atoms with Crippen molar-refractivity contribution in [2.45, 2.75) is 75.0 Å². The maximum absolute atomic E-state index is 13.5. The standard InChI is InChI=1S/C27H26ClFN4O3S.C25H24ClFN4O3S.C25H23ClFN3O3S/c28-21-6-10-23(11-7-21)33-26-20(12-17-4-8-22(29)9-5-17)15-37(35,36)16-24(26)25(30-33)27(34)31-32-13-18-2-1-3-19(18)14-32;26-19-6-10-21(11-7-19)31-24-18(14-17-4-8-20(27)9-5-17)15-35(33,34)16-22(24)23(28-31)25(32)29-30-12-2-1-3-13-30;26-19-6-10-21(11-7-19)30-24-18(14-17-4-8-20(27)9-5-17)15-34(32,33)16-22(24)23(28-30)25(31)29-12-2-1-3-13-29/h4-12,18-19H,1-3,13-16H2,(H,31,34);4-11,14H,1-3,12-13,15-16H2,(H,29,32);4-11,14H,1-3,12-13,15-16H2/b20-12+;2*18-14+. The Balaban J connectivity index is 0.000000134. The summed E-state index contributed by atoms with van der Waals surface area (Å²) in [4.78, 5) is 42.0. The SMILES string of the molecule is O=C(NN1CC2CCCC2C1)c1nn(-c2ccc(Cl)cc2)c2c1CS(=O)(=O)C/C2=C\c1ccc(F)cc1.O=C(NN1CCCCC1)c1nn(-c2ccc(Cl)cc2)c2c1CS(=O)(=O)C/C2=C\c1ccc(F)cc1.O=C(c1nn(-c2ccc(Cl)cc2)c2c1CS(=O)(=O)C/C2=C\c1ccc(F)cc1)N1CCCCC1. The van der Waals surface area contributed by atoms with E-state index in [0.717, 1.165) is 64.7 Å². The quantitative estimate of drug-likeness (QED) is 0.122. The average Bonchev–Trinajstić information content (AvgIpc) is 1.59. The van der Waals surface area contributed by atoms with Gasteiger partial charge in [-0.3, -0.25) is 25.2 Å². The number of aromatic nitrogens is 6. The molecule has 9 heterocycles. The molecule has 106 heavy (non-hydrogen) atoms. The van der Waals surface area contributed by atoms with Crippen LogP contribution in [-0.4, -0.2) is 144 Å². The molecule has 1 aliphatic carbocycles. The fourth-order valence-corrected chi connectivity index (χ4v) is 19.8. The molecule has 4 fully saturated rings. The molecule has 0 radical (unpaired) electrons. The predicted molar refractivity (Wildman–Crippen MR) is 404 cm³/mol. The Bertz CT molecular complexity index is 5300. The molecule has 2 N–H and O–H groups in total. The summed E-state index contributed by atoms with van der Waals surface area (Å²) in [6.07, 6.45) is 14.7. The van der Waals surface area contributed by atoms with E-state index in [-0.39, 0.29) is 75.0 Å². The number of sulfone groups is 3. The van der Waals surface area contributed by atoms with Crippen LogP contribution in [0.15, 0.2) is 146 Å². The van der Waals surface area contributed by atoms with E-state index in [2.05, 4.69) is 26.1 Å². The third-order valence-electron chi connectivity index (χ3n) is 19.8. The molecule has 2 unspecified atom stereocenters. The van der Waals surface area contributed by atoms with Gasteiger partial charge in [0.15, 0.2) is 46.6 Å². The van der Waals surface area contributed by atoms with Crippen LogP contribution in [0.1, 0.15) is 140 Å². The minimum atomic E-state index is -3.56. The fourth-order valence-electron chi connectivity index (χ4n) is 14.9. The molecular formula is C77H73Cl3F3N11O9S3. The summed E-state index contributed by atoms with van der Waals surface area (Å²) in [5.41, 5.74) is 14.5. The molecule has 550 valence electrons. The summed E-state index contributed by atoms with van der Waals surface area (Å²) in [6, 6.07) is 38.4. The van der Waals surface area contributed by atoms with Gasteiger partial charge in [-0.1, -0.05) is 84.0 Å². The molecule has 0 spiro atoms. The van der Waals surface area contributed by atoms with Crippen LogP contribution >= 0.6 is 34.8 Å². The van der Waals surface area contributed by atoms with Crippen LogP contribution in [0.4, 0.5) is 13.2 Å². The van der Waals surface area contributed by atoms with E-state index in [9.17, 15) is 52.8 Å². The summed E-state index contributed by atoms with van der Waals surface area (Å²) < 4.78 is 123. The second-order valence-corrected chi connectivity index (χ2v) is 35.1. The number of carbonyl (C=O) groups excluding carboxylic acids is 3. The lowest BCUT2D eigenvalue weighted by Crippen LogP contribution is -2.45. The van der Waals surface area contributed by atoms with Crippen LogP contribution in [0.5, 0.6) is 0 Å². The molecule has 3 saturated heterocycles. The van der Waals surface area contributed by atoms with Crippen LogP contribution in [-0.2, 0) is 46.8 Å². The number of likely N-dealkylation sites (tertiary alicyclic amines) is 1. The van der Waals surface area contributed by atoms with E-state index in [1.165, 1.54) is 55.7 Å². The molecule has 20 nitrogen and oxygen atoms in total. The summed E-state index contributed by atoms with van der Waals surface area (Å²) in [5.74, 6) is -2.53. The van der Waals surface area contributed by atoms with Gasteiger partial charge >= 0.3 is 0 Å². The highest BCUT2D eigenvalue weighted by molar-refractivity contribution is 7.91. The number of hydrogen-bond acceptors (Lipinski definition) is 14. The van der Waals surface area contributed by atoms with Crippen molar-refractivity contribution in [2.24, 2.45) is 11.8 Å². The van der Waals surface area contributed by atoms with Crippen molar-refractivity contribution in [1.82, 2.24) is 55.1 Å². The van der Waals surface area contributed by atoms with Gasteiger partial charge in [0.1, 0.15) is 17.5 Å². The van der Waals surface area contributed by atoms with Crippen molar-refractivity contribution in [2.75, 3.05) is 56.5 Å². The van der Waals surface area contributed by atoms with Crippen molar-refractivity contribution in [3.63, 3.8) is 0 Å². The van der Waals surface area contributed by atoms with Gasteiger partial charge in [0.25, 0.3) is 17.7 Å². The lowest BCUT2D eigenvalue weighted by atomic mass is 10.0. The molecule has 6 aromatic carbocycles. The van der Waals surface area contributed by atoms with Crippen molar-refractivity contribution < 1.29 is 52.8 Å². The number of hydrazine groups is 2. The smallest absolute Gasteiger partial charge is 0.286 e. The van der Waals surface area contributed by atoms with Crippen molar-refractivity contribution in [1.29, 1.82) is 0 Å². The summed E-state index contributed by atoms with van der Waals surface area (Å²) >= 11 is 18.2. The van der Waals surface area contributed by atoms with Gasteiger partial charge in [0.05, 0.1) is 68.7 Å². The van der Waals surface area contributed by atoms with Gasteiger partial charge in [-0.05, 0) is 218 Å². The highest BCUT2D eigenvalue weighted by Gasteiger charge is 2.41. The number of nitrogens with one attached hydrogen (secondary N) is 2. The number of amides is 3. The number of carbonyl (C=O) groups is 3. The first-order valence-electron chi connectivity index (χ1n) is 34.9. The molecule has 29 heteroatoms. The van der Waals surface area contributed by atoms with Crippen molar-refractivity contribution in [3.8, 4) is 17.1 Å². The zero-order valence-corrected chi connectivity index (χ0v) is 62.0. The summed E-state index contributed by atoms with van der Waals surface area (Å²) in [5, 5.41) is 19.3. The molecule has 1 saturated carbocycles.